The lowest BCUT2D eigenvalue weighted by Crippen LogP contribution is -2.19. The van der Waals surface area contributed by atoms with E-state index >= 15 is 0 Å². The number of nitro benzene ring substituents is 1. The average Bonchev–Trinajstić information content (AvgIpc) is 2.13. The van der Waals surface area contributed by atoms with Crippen molar-refractivity contribution < 1.29 is 22.8 Å². The summed E-state index contributed by atoms with van der Waals surface area (Å²) in [5.41, 5.74) is -0.515. The lowest BCUT2D eigenvalue weighted by molar-refractivity contribution is -0.386. The fourth-order valence-corrected chi connectivity index (χ4v) is 1.41. The van der Waals surface area contributed by atoms with Crippen LogP contribution in [0.2, 0.25) is 0 Å². The minimum absolute atomic E-state index is 0.103. The van der Waals surface area contributed by atoms with Crippen LogP contribution in [0.5, 0.6) is 5.75 Å². The highest BCUT2D eigenvalue weighted by molar-refractivity contribution is 9.10. The van der Waals surface area contributed by atoms with Crippen LogP contribution in [0.15, 0.2) is 22.7 Å². The summed E-state index contributed by atoms with van der Waals surface area (Å²) in [6.07, 6.45) is -4.54. The summed E-state index contributed by atoms with van der Waals surface area (Å²) in [5.74, 6) is -0.426. The molecule has 0 spiro atoms. The molecular formula is C8H5BrF3NO3. The molecule has 0 saturated heterocycles. The molecule has 0 saturated carbocycles. The molecule has 0 atom stereocenters. The maximum Gasteiger partial charge on any atom is 0.422 e. The number of para-hydroxylation sites is 1. The third kappa shape index (κ3) is 3.37. The summed E-state index contributed by atoms with van der Waals surface area (Å²) in [5, 5.41) is 10.5. The van der Waals surface area contributed by atoms with Gasteiger partial charge in [0, 0.05) is 6.07 Å². The summed E-state index contributed by atoms with van der Waals surface area (Å²) in [6.45, 7) is -1.57. The van der Waals surface area contributed by atoms with Crippen LogP contribution >= 0.6 is 15.9 Å². The molecule has 0 amide bonds. The van der Waals surface area contributed by atoms with Crippen LogP contribution < -0.4 is 4.74 Å². The van der Waals surface area contributed by atoms with Gasteiger partial charge in [-0.05, 0) is 22.0 Å². The highest BCUT2D eigenvalue weighted by Crippen LogP contribution is 2.35. The molecule has 0 unspecified atom stereocenters. The SMILES string of the molecule is O=[N+]([O-])c1cccc(Br)c1OCC(F)(F)F. The number of benzene rings is 1. The highest BCUT2D eigenvalue weighted by Gasteiger charge is 2.30. The van der Waals surface area contributed by atoms with Crippen molar-refractivity contribution in [1.29, 1.82) is 0 Å². The molecule has 88 valence electrons. The molecule has 0 aliphatic carbocycles. The Balaban J connectivity index is 2.98. The number of ether oxygens (including phenoxy) is 1. The zero-order valence-corrected chi connectivity index (χ0v) is 9.21. The molecule has 1 aromatic rings. The van der Waals surface area contributed by atoms with Crippen molar-refractivity contribution in [1.82, 2.24) is 0 Å². The number of hydrogen-bond acceptors (Lipinski definition) is 3. The molecule has 8 heteroatoms. The van der Waals surface area contributed by atoms with Crippen LogP contribution in [0, 0.1) is 10.1 Å². The van der Waals surface area contributed by atoms with Gasteiger partial charge in [-0.2, -0.15) is 13.2 Å². The number of rotatable bonds is 3. The van der Waals surface area contributed by atoms with Gasteiger partial charge in [-0.25, -0.2) is 0 Å². The van der Waals surface area contributed by atoms with E-state index in [1.807, 2.05) is 0 Å². The molecule has 0 heterocycles. The van der Waals surface area contributed by atoms with E-state index in [4.69, 9.17) is 0 Å². The van der Waals surface area contributed by atoms with Gasteiger partial charge >= 0.3 is 11.9 Å². The summed E-state index contributed by atoms with van der Waals surface area (Å²) < 4.78 is 40.2. The number of nitrogens with zero attached hydrogens (tertiary/aromatic N) is 1. The molecule has 4 nitrogen and oxygen atoms in total. The molecule has 1 aromatic carbocycles. The van der Waals surface area contributed by atoms with E-state index < -0.39 is 29.1 Å². The van der Waals surface area contributed by atoms with E-state index in [1.165, 1.54) is 12.1 Å². The first-order valence-electron chi connectivity index (χ1n) is 3.94. The maximum absolute atomic E-state index is 11.9. The molecule has 0 aromatic heterocycles. The van der Waals surface area contributed by atoms with Crippen LogP contribution in [-0.4, -0.2) is 17.7 Å². The Morgan fingerprint density at radius 1 is 1.44 bits per heavy atom. The van der Waals surface area contributed by atoms with Crippen molar-refractivity contribution in [3.8, 4) is 5.75 Å². The van der Waals surface area contributed by atoms with Crippen molar-refractivity contribution in [3.05, 3.63) is 32.8 Å². The Morgan fingerprint density at radius 2 is 2.06 bits per heavy atom. The average molecular weight is 300 g/mol. The van der Waals surface area contributed by atoms with Gasteiger partial charge in [0.15, 0.2) is 6.61 Å². The van der Waals surface area contributed by atoms with Crippen LogP contribution in [0.1, 0.15) is 0 Å². The van der Waals surface area contributed by atoms with E-state index in [0.717, 1.165) is 6.07 Å². The normalized spacial score (nSPS) is 11.2. The summed E-state index contributed by atoms with van der Waals surface area (Å²) in [7, 11) is 0. The van der Waals surface area contributed by atoms with Gasteiger partial charge in [0.1, 0.15) is 0 Å². The standard InChI is InChI=1S/C8H5BrF3NO3/c9-5-2-1-3-6(13(14)15)7(5)16-4-8(10,11)12/h1-3H,4H2. The van der Waals surface area contributed by atoms with Crippen LogP contribution in [-0.2, 0) is 0 Å². The van der Waals surface area contributed by atoms with Gasteiger partial charge < -0.3 is 4.74 Å². The Morgan fingerprint density at radius 3 is 2.56 bits per heavy atom. The van der Waals surface area contributed by atoms with Crippen LogP contribution in [0.25, 0.3) is 0 Å². The molecule has 0 aliphatic rings. The van der Waals surface area contributed by atoms with Gasteiger partial charge in [-0.15, -0.1) is 0 Å². The Hall–Kier alpha value is -1.31. The fraction of sp³-hybridized carbons (Fsp3) is 0.250. The third-order valence-corrected chi connectivity index (χ3v) is 2.15. The third-order valence-electron chi connectivity index (χ3n) is 1.52. The maximum atomic E-state index is 11.9. The van der Waals surface area contributed by atoms with Crippen LogP contribution in [0.3, 0.4) is 0 Å². The first kappa shape index (κ1) is 12.8. The van der Waals surface area contributed by atoms with Crippen molar-refractivity contribution in [2.75, 3.05) is 6.61 Å². The molecular weight excluding hydrogens is 295 g/mol. The molecule has 0 fully saturated rings. The van der Waals surface area contributed by atoms with E-state index in [1.54, 1.807) is 0 Å². The predicted octanol–water partition coefficient (Wildman–Crippen LogP) is 3.30. The highest BCUT2D eigenvalue weighted by atomic mass is 79.9. The molecule has 0 aliphatic heterocycles. The second-order valence-corrected chi connectivity index (χ2v) is 3.60. The minimum Gasteiger partial charge on any atom is -0.476 e. The quantitative estimate of drug-likeness (QED) is 0.635. The van der Waals surface area contributed by atoms with E-state index in [2.05, 4.69) is 20.7 Å². The lowest BCUT2D eigenvalue weighted by atomic mass is 10.3. The second-order valence-electron chi connectivity index (χ2n) is 2.75. The topological polar surface area (TPSA) is 52.4 Å². The minimum atomic E-state index is -4.54. The fourth-order valence-electron chi connectivity index (χ4n) is 0.938. The van der Waals surface area contributed by atoms with Gasteiger partial charge in [0.2, 0.25) is 5.75 Å². The smallest absolute Gasteiger partial charge is 0.422 e. The first-order chi connectivity index (χ1) is 7.31. The monoisotopic (exact) mass is 299 g/mol. The summed E-state index contributed by atoms with van der Waals surface area (Å²) in [6, 6.07) is 3.76. The second kappa shape index (κ2) is 4.69. The Kier molecular flexibility index (Phi) is 3.74. The van der Waals surface area contributed by atoms with Gasteiger partial charge in [0.25, 0.3) is 0 Å². The van der Waals surface area contributed by atoms with Gasteiger partial charge in [-0.1, -0.05) is 6.07 Å². The number of hydrogen-bond donors (Lipinski definition) is 0. The number of alkyl halides is 3. The zero-order valence-electron chi connectivity index (χ0n) is 7.62. The predicted molar refractivity (Wildman–Crippen MR) is 52.3 cm³/mol. The van der Waals surface area contributed by atoms with E-state index in [-0.39, 0.29) is 4.47 Å². The molecule has 0 bridgehead atoms. The lowest BCUT2D eigenvalue weighted by Gasteiger charge is -2.10. The van der Waals surface area contributed by atoms with Crippen LogP contribution in [0.4, 0.5) is 18.9 Å². The Labute approximate surface area is 96.3 Å². The first-order valence-corrected chi connectivity index (χ1v) is 4.73. The molecule has 16 heavy (non-hydrogen) atoms. The van der Waals surface area contributed by atoms with Gasteiger partial charge in [-0.3, -0.25) is 10.1 Å². The summed E-state index contributed by atoms with van der Waals surface area (Å²) in [4.78, 5) is 9.71. The Bertz CT molecular complexity index is 408. The largest absolute Gasteiger partial charge is 0.476 e. The van der Waals surface area contributed by atoms with Crippen molar-refractivity contribution in [2.24, 2.45) is 0 Å². The van der Waals surface area contributed by atoms with E-state index in [9.17, 15) is 23.3 Å². The van der Waals surface area contributed by atoms with Crippen molar-refractivity contribution >= 4 is 21.6 Å². The van der Waals surface area contributed by atoms with Crippen molar-refractivity contribution in [2.45, 2.75) is 6.18 Å². The number of nitro groups is 1. The van der Waals surface area contributed by atoms with Crippen molar-refractivity contribution in [3.63, 3.8) is 0 Å². The number of halogens is 4. The molecule has 1 rings (SSSR count). The zero-order chi connectivity index (χ0) is 12.3. The summed E-state index contributed by atoms with van der Waals surface area (Å²) >= 11 is 2.89. The van der Waals surface area contributed by atoms with E-state index in [0.29, 0.717) is 0 Å². The van der Waals surface area contributed by atoms with Gasteiger partial charge in [0.05, 0.1) is 9.40 Å². The molecule has 0 radical (unpaired) electrons. The molecule has 0 N–H and O–H groups in total.